The Bertz CT molecular complexity index is 429. The monoisotopic (exact) mass is 339 g/mol. The zero-order valence-corrected chi connectivity index (χ0v) is 12.1. The molecule has 0 fully saturated rings. The largest absolute Gasteiger partial charge is 0.332 e. The molecule has 0 heterocycles. The molecule has 100 valence electrons. The summed E-state index contributed by atoms with van der Waals surface area (Å²) in [7, 11) is 0. The molecule has 2 nitrogen and oxygen atoms in total. The van der Waals surface area contributed by atoms with Crippen LogP contribution >= 0.6 is 27.5 Å². The van der Waals surface area contributed by atoms with Crippen LogP contribution in [0.25, 0.3) is 0 Å². The molecule has 0 atom stereocenters. The van der Waals surface area contributed by atoms with E-state index < -0.39 is 18.9 Å². The number of alkyl halides is 3. The Morgan fingerprint density at radius 3 is 2.67 bits per heavy atom. The Hall–Kier alpha value is -0.680. The van der Waals surface area contributed by atoms with E-state index in [-0.39, 0.29) is 17.1 Å². The number of halogens is 4. The van der Waals surface area contributed by atoms with Crippen LogP contribution in [0.4, 0.5) is 8.78 Å². The predicted molar refractivity (Wildman–Crippen MR) is 71.9 cm³/mol. The first-order chi connectivity index (χ1) is 8.45. The van der Waals surface area contributed by atoms with Crippen LogP contribution in [0.5, 0.6) is 0 Å². The lowest BCUT2D eigenvalue weighted by Crippen LogP contribution is -2.36. The zero-order chi connectivity index (χ0) is 13.7. The normalized spacial score (nSPS) is 10.8. The zero-order valence-electron chi connectivity index (χ0n) is 9.80. The van der Waals surface area contributed by atoms with Gasteiger partial charge in [0.2, 0.25) is 0 Å². The average Bonchev–Trinajstić information content (AvgIpc) is 2.27. The minimum absolute atomic E-state index is 0.216. The molecule has 0 aliphatic heterocycles. The average molecular weight is 341 g/mol. The highest BCUT2D eigenvalue weighted by atomic mass is 79.9. The molecule has 0 aromatic heterocycles. The number of nitrogens with zero attached hydrogens (tertiary/aromatic N) is 1. The maximum atomic E-state index is 12.4. The summed E-state index contributed by atoms with van der Waals surface area (Å²) in [6.07, 6.45) is -2.56. The van der Waals surface area contributed by atoms with Crippen molar-refractivity contribution in [3.63, 3.8) is 0 Å². The van der Waals surface area contributed by atoms with E-state index in [9.17, 15) is 13.6 Å². The van der Waals surface area contributed by atoms with E-state index in [0.29, 0.717) is 5.33 Å². The minimum atomic E-state index is -2.56. The first kappa shape index (κ1) is 15.4. The third-order valence-electron chi connectivity index (χ3n) is 2.36. The van der Waals surface area contributed by atoms with Gasteiger partial charge in [-0.25, -0.2) is 8.78 Å². The van der Waals surface area contributed by atoms with Gasteiger partial charge in [0.1, 0.15) is 0 Å². The maximum Gasteiger partial charge on any atom is 0.255 e. The molecule has 0 saturated heterocycles. The number of carbonyl (C=O) groups is 1. The number of rotatable bonds is 5. The van der Waals surface area contributed by atoms with E-state index in [0.717, 1.165) is 10.5 Å². The minimum Gasteiger partial charge on any atom is -0.332 e. The van der Waals surface area contributed by atoms with Crippen molar-refractivity contribution in [2.75, 3.05) is 18.4 Å². The third kappa shape index (κ3) is 4.21. The molecule has 0 N–H and O–H groups in total. The van der Waals surface area contributed by atoms with Crippen LogP contribution in [0.1, 0.15) is 15.9 Å². The van der Waals surface area contributed by atoms with Crippen molar-refractivity contribution >= 4 is 33.4 Å². The predicted octanol–water partition coefficient (Wildman–Crippen LogP) is 3.75. The highest BCUT2D eigenvalue weighted by Crippen LogP contribution is 2.20. The highest BCUT2D eigenvalue weighted by molar-refractivity contribution is 9.09. The van der Waals surface area contributed by atoms with Crippen molar-refractivity contribution in [1.82, 2.24) is 4.90 Å². The Balaban J connectivity index is 2.94. The fourth-order valence-electron chi connectivity index (χ4n) is 1.51. The van der Waals surface area contributed by atoms with E-state index in [2.05, 4.69) is 15.9 Å². The number of carbonyl (C=O) groups excluding carboxylic acids is 1. The van der Waals surface area contributed by atoms with Gasteiger partial charge in [-0.05, 0) is 24.6 Å². The van der Waals surface area contributed by atoms with Gasteiger partial charge in [0.15, 0.2) is 0 Å². The van der Waals surface area contributed by atoms with Gasteiger partial charge in [-0.15, -0.1) is 0 Å². The lowest BCUT2D eigenvalue weighted by atomic mass is 10.1. The molecular formula is C12H13BrClF2NO. The summed E-state index contributed by atoms with van der Waals surface area (Å²) >= 11 is 9.10. The second-order valence-electron chi connectivity index (χ2n) is 3.81. The van der Waals surface area contributed by atoms with Crippen LogP contribution < -0.4 is 0 Å². The van der Waals surface area contributed by atoms with Crippen LogP contribution in [0, 0.1) is 6.92 Å². The smallest absolute Gasteiger partial charge is 0.255 e. The molecule has 0 saturated carbocycles. The lowest BCUT2D eigenvalue weighted by molar-refractivity contribution is 0.0572. The Morgan fingerprint density at radius 2 is 2.17 bits per heavy atom. The number of hydrogen-bond donors (Lipinski definition) is 0. The number of benzene rings is 1. The van der Waals surface area contributed by atoms with Gasteiger partial charge in [-0.2, -0.15) is 0 Å². The quantitative estimate of drug-likeness (QED) is 0.748. The number of amides is 1. The summed E-state index contributed by atoms with van der Waals surface area (Å²) in [5.74, 6) is -0.472. The first-order valence-corrected chi connectivity index (χ1v) is 6.85. The van der Waals surface area contributed by atoms with Gasteiger partial charge in [-0.1, -0.05) is 33.6 Å². The van der Waals surface area contributed by atoms with Crippen LogP contribution in [0.3, 0.4) is 0 Å². The fourth-order valence-corrected chi connectivity index (χ4v) is 2.25. The summed E-state index contributed by atoms with van der Waals surface area (Å²) in [6.45, 7) is 1.47. The molecule has 1 aromatic carbocycles. The summed E-state index contributed by atoms with van der Waals surface area (Å²) in [6, 6.07) is 4.93. The van der Waals surface area contributed by atoms with Gasteiger partial charge in [0.05, 0.1) is 17.1 Å². The molecule has 0 radical (unpaired) electrons. The summed E-state index contributed by atoms with van der Waals surface area (Å²) in [5.41, 5.74) is 1.17. The molecule has 6 heteroatoms. The van der Waals surface area contributed by atoms with Crippen LogP contribution in [-0.4, -0.2) is 35.7 Å². The van der Waals surface area contributed by atoms with Crippen molar-refractivity contribution in [3.05, 3.63) is 34.3 Å². The molecule has 1 rings (SSSR count). The summed E-state index contributed by atoms with van der Waals surface area (Å²) < 4.78 is 24.8. The van der Waals surface area contributed by atoms with Crippen LogP contribution in [0.2, 0.25) is 5.02 Å². The molecule has 1 amide bonds. The van der Waals surface area contributed by atoms with Gasteiger partial charge in [0, 0.05) is 11.9 Å². The summed E-state index contributed by atoms with van der Waals surface area (Å²) in [4.78, 5) is 13.2. The molecule has 0 aliphatic carbocycles. The van der Waals surface area contributed by atoms with E-state index in [1.54, 1.807) is 18.2 Å². The van der Waals surface area contributed by atoms with Gasteiger partial charge in [0.25, 0.3) is 12.3 Å². The van der Waals surface area contributed by atoms with E-state index in [4.69, 9.17) is 11.6 Å². The molecule has 18 heavy (non-hydrogen) atoms. The van der Waals surface area contributed by atoms with E-state index in [1.807, 2.05) is 6.92 Å². The van der Waals surface area contributed by atoms with Gasteiger partial charge < -0.3 is 4.90 Å². The van der Waals surface area contributed by atoms with Gasteiger partial charge >= 0.3 is 0 Å². The van der Waals surface area contributed by atoms with Crippen LogP contribution in [0.15, 0.2) is 18.2 Å². The molecule has 0 bridgehead atoms. The van der Waals surface area contributed by atoms with Crippen LogP contribution in [-0.2, 0) is 0 Å². The molecule has 0 spiro atoms. The lowest BCUT2D eigenvalue weighted by Gasteiger charge is -2.21. The highest BCUT2D eigenvalue weighted by Gasteiger charge is 2.21. The van der Waals surface area contributed by atoms with Crippen molar-refractivity contribution in [2.24, 2.45) is 0 Å². The van der Waals surface area contributed by atoms with Gasteiger partial charge in [-0.3, -0.25) is 4.79 Å². The third-order valence-corrected chi connectivity index (χ3v) is 3.02. The first-order valence-electron chi connectivity index (χ1n) is 5.35. The van der Waals surface area contributed by atoms with E-state index >= 15 is 0 Å². The molecular weight excluding hydrogens is 327 g/mol. The Kier molecular flexibility index (Phi) is 6.02. The topological polar surface area (TPSA) is 20.3 Å². The van der Waals surface area contributed by atoms with Crippen molar-refractivity contribution in [3.8, 4) is 0 Å². The molecule has 0 aliphatic rings. The SMILES string of the molecule is Cc1ccc(C(=O)N(CCBr)CC(F)F)c(Cl)c1. The Morgan fingerprint density at radius 1 is 1.50 bits per heavy atom. The van der Waals surface area contributed by atoms with Crippen molar-refractivity contribution in [1.29, 1.82) is 0 Å². The second kappa shape index (κ2) is 7.04. The number of aryl methyl sites for hydroxylation is 1. The second-order valence-corrected chi connectivity index (χ2v) is 5.01. The molecule has 1 aromatic rings. The maximum absolute atomic E-state index is 12.4. The molecule has 0 unspecified atom stereocenters. The Labute approximate surface area is 118 Å². The van der Waals surface area contributed by atoms with Crippen molar-refractivity contribution in [2.45, 2.75) is 13.3 Å². The number of hydrogen-bond acceptors (Lipinski definition) is 1. The standard InChI is InChI=1S/C12H13BrClF2NO/c1-8-2-3-9(10(14)6-8)12(18)17(5-4-13)7-11(15)16/h2-3,6,11H,4-5,7H2,1H3. The summed E-state index contributed by atoms with van der Waals surface area (Å²) in [5, 5.41) is 0.725. The van der Waals surface area contributed by atoms with Crippen molar-refractivity contribution < 1.29 is 13.6 Å². The van der Waals surface area contributed by atoms with E-state index in [1.165, 1.54) is 0 Å². The fraction of sp³-hybridized carbons (Fsp3) is 0.417.